The number of pyridine rings is 1. The molecule has 1 N–H and O–H groups in total. The molecule has 0 unspecified atom stereocenters. The normalized spacial score (nSPS) is 22.3. The molecule has 1 aromatic carbocycles. The Balaban J connectivity index is 1.18. The van der Waals surface area contributed by atoms with Crippen molar-refractivity contribution in [3.05, 3.63) is 49.1 Å². The zero-order chi connectivity index (χ0) is 22.6. The monoisotopic (exact) mass is 444 g/mol. The summed E-state index contributed by atoms with van der Waals surface area (Å²) >= 11 is 0. The van der Waals surface area contributed by atoms with E-state index < -0.39 is 0 Å². The molecule has 7 heteroatoms. The van der Waals surface area contributed by atoms with Crippen molar-refractivity contribution in [1.82, 2.24) is 24.8 Å². The molecule has 1 amide bonds. The van der Waals surface area contributed by atoms with E-state index in [9.17, 15) is 4.79 Å². The molecular formula is C26H32N6O. The van der Waals surface area contributed by atoms with Crippen LogP contribution in [-0.4, -0.2) is 70.4 Å². The van der Waals surface area contributed by atoms with Gasteiger partial charge in [0.25, 0.3) is 0 Å². The maximum Gasteiger partial charge on any atom is 0.228 e. The molecule has 33 heavy (non-hydrogen) atoms. The van der Waals surface area contributed by atoms with Crippen LogP contribution in [0.4, 0.5) is 5.82 Å². The predicted octanol–water partition coefficient (Wildman–Crippen LogP) is 3.68. The summed E-state index contributed by atoms with van der Waals surface area (Å²) in [6, 6.07) is 8.07. The molecule has 2 fully saturated rings. The Hall–Kier alpha value is -2.90. The van der Waals surface area contributed by atoms with E-state index >= 15 is 0 Å². The Labute approximate surface area is 195 Å². The van der Waals surface area contributed by atoms with Crippen molar-refractivity contribution in [3.8, 4) is 11.3 Å². The second-order valence-electron chi connectivity index (χ2n) is 9.53. The molecule has 0 atom stereocenters. The number of amides is 1. The van der Waals surface area contributed by atoms with Crippen molar-refractivity contribution < 1.29 is 4.79 Å². The van der Waals surface area contributed by atoms with Crippen molar-refractivity contribution in [3.63, 3.8) is 0 Å². The average Bonchev–Trinajstić information content (AvgIpc) is 2.86. The summed E-state index contributed by atoms with van der Waals surface area (Å²) in [6.07, 6.45) is 11.1. The summed E-state index contributed by atoms with van der Waals surface area (Å²) in [7, 11) is 2.20. The number of piperazine rings is 1. The SMILES string of the molecule is CN1CCN(CC2CCC(C(=O)Nc3cc4cc(-c5cnccn5)ccc4cn3)CC2)CC1. The number of aromatic nitrogens is 3. The first-order chi connectivity index (χ1) is 16.1. The second kappa shape index (κ2) is 9.93. The van der Waals surface area contributed by atoms with Crippen LogP contribution in [0.5, 0.6) is 0 Å². The summed E-state index contributed by atoms with van der Waals surface area (Å²) < 4.78 is 0. The lowest BCUT2D eigenvalue weighted by molar-refractivity contribution is -0.121. The smallest absolute Gasteiger partial charge is 0.228 e. The van der Waals surface area contributed by atoms with E-state index in [0.29, 0.717) is 5.82 Å². The van der Waals surface area contributed by atoms with Gasteiger partial charge in [0, 0.05) is 68.2 Å². The van der Waals surface area contributed by atoms with E-state index in [-0.39, 0.29) is 11.8 Å². The van der Waals surface area contributed by atoms with Gasteiger partial charge in [-0.3, -0.25) is 14.8 Å². The lowest BCUT2D eigenvalue weighted by atomic mass is 9.81. The summed E-state index contributed by atoms with van der Waals surface area (Å²) in [6.45, 7) is 5.85. The van der Waals surface area contributed by atoms with Crippen molar-refractivity contribution in [1.29, 1.82) is 0 Å². The van der Waals surface area contributed by atoms with Crippen molar-refractivity contribution >= 4 is 22.5 Å². The molecule has 1 saturated heterocycles. The molecule has 0 bridgehead atoms. The van der Waals surface area contributed by atoms with Crippen LogP contribution in [0.3, 0.4) is 0 Å². The number of rotatable bonds is 5. The number of hydrogen-bond acceptors (Lipinski definition) is 6. The number of nitrogens with zero attached hydrogens (tertiary/aromatic N) is 5. The Morgan fingerprint density at radius 2 is 1.79 bits per heavy atom. The summed E-state index contributed by atoms with van der Waals surface area (Å²) in [5, 5.41) is 5.13. The van der Waals surface area contributed by atoms with Gasteiger partial charge in [0.05, 0.1) is 11.9 Å². The van der Waals surface area contributed by atoms with Crippen LogP contribution in [0.15, 0.2) is 49.1 Å². The van der Waals surface area contributed by atoms with Gasteiger partial charge < -0.3 is 15.1 Å². The van der Waals surface area contributed by atoms with Crippen molar-refractivity contribution in [2.24, 2.45) is 11.8 Å². The van der Waals surface area contributed by atoms with Gasteiger partial charge in [-0.05, 0) is 56.2 Å². The number of fused-ring (bicyclic) bond motifs is 1. The van der Waals surface area contributed by atoms with Crippen molar-refractivity contribution in [2.45, 2.75) is 25.7 Å². The molecule has 3 aromatic rings. The Morgan fingerprint density at radius 1 is 0.970 bits per heavy atom. The van der Waals surface area contributed by atoms with E-state index in [1.165, 1.54) is 19.6 Å². The average molecular weight is 445 g/mol. The molecular weight excluding hydrogens is 412 g/mol. The number of hydrogen-bond donors (Lipinski definition) is 1. The maximum atomic E-state index is 12.9. The quantitative estimate of drug-likeness (QED) is 0.647. The molecule has 5 rings (SSSR count). The third-order valence-electron chi connectivity index (χ3n) is 7.16. The fraction of sp³-hybridized carbons (Fsp3) is 0.462. The molecule has 0 radical (unpaired) electrons. The largest absolute Gasteiger partial charge is 0.310 e. The minimum absolute atomic E-state index is 0.0807. The molecule has 2 aliphatic rings. The highest BCUT2D eigenvalue weighted by Gasteiger charge is 2.28. The van der Waals surface area contributed by atoms with E-state index in [4.69, 9.17) is 0 Å². The number of carbonyl (C=O) groups is 1. The first kappa shape index (κ1) is 21.9. The predicted molar refractivity (Wildman–Crippen MR) is 131 cm³/mol. The first-order valence-corrected chi connectivity index (χ1v) is 12.0. The van der Waals surface area contributed by atoms with Gasteiger partial charge in [-0.2, -0.15) is 0 Å². The fourth-order valence-electron chi connectivity index (χ4n) is 5.05. The molecule has 3 heterocycles. The first-order valence-electron chi connectivity index (χ1n) is 12.0. The van der Waals surface area contributed by atoms with Gasteiger partial charge in [-0.15, -0.1) is 0 Å². The Bertz CT molecular complexity index is 1090. The topological polar surface area (TPSA) is 74.2 Å². The molecule has 2 aromatic heterocycles. The molecule has 1 aliphatic carbocycles. The number of nitrogens with one attached hydrogen (secondary N) is 1. The van der Waals surface area contributed by atoms with Gasteiger partial charge >= 0.3 is 0 Å². The Kier molecular flexibility index (Phi) is 6.60. The molecule has 0 spiro atoms. The van der Waals surface area contributed by atoms with Gasteiger partial charge in [-0.1, -0.05) is 12.1 Å². The summed E-state index contributed by atoms with van der Waals surface area (Å²) in [5.74, 6) is 1.52. The van der Waals surface area contributed by atoms with Crippen LogP contribution < -0.4 is 5.32 Å². The van der Waals surface area contributed by atoms with Gasteiger partial charge in [0.1, 0.15) is 5.82 Å². The fourth-order valence-corrected chi connectivity index (χ4v) is 5.05. The van der Waals surface area contributed by atoms with Crippen LogP contribution in [0, 0.1) is 11.8 Å². The highest BCUT2D eigenvalue weighted by atomic mass is 16.1. The van der Waals surface area contributed by atoms with Crippen LogP contribution >= 0.6 is 0 Å². The number of anilines is 1. The lowest BCUT2D eigenvalue weighted by Crippen LogP contribution is -2.46. The lowest BCUT2D eigenvalue weighted by Gasteiger charge is -2.36. The zero-order valence-electron chi connectivity index (χ0n) is 19.3. The standard InChI is InChI=1S/C26H32N6O/c1-31-10-12-32(13-11-31)18-19-2-4-20(5-3-19)26(33)30-25-15-23-14-21(6-7-22(23)16-29-25)24-17-27-8-9-28-24/h6-9,14-17,19-20H,2-5,10-13,18H2,1H3,(H,29,30,33). The van der Waals surface area contributed by atoms with E-state index in [1.807, 2.05) is 24.4 Å². The summed E-state index contributed by atoms with van der Waals surface area (Å²) in [4.78, 5) is 30.9. The molecule has 7 nitrogen and oxygen atoms in total. The third kappa shape index (κ3) is 5.37. The molecule has 1 saturated carbocycles. The molecule has 1 aliphatic heterocycles. The highest BCUT2D eigenvalue weighted by molar-refractivity contribution is 5.95. The van der Waals surface area contributed by atoms with E-state index in [1.54, 1.807) is 18.6 Å². The minimum Gasteiger partial charge on any atom is -0.310 e. The number of benzene rings is 1. The van der Waals surface area contributed by atoms with Crippen molar-refractivity contribution in [2.75, 3.05) is 45.1 Å². The highest BCUT2D eigenvalue weighted by Crippen LogP contribution is 2.31. The van der Waals surface area contributed by atoms with Gasteiger partial charge in [0.15, 0.2) is 0 Å². The van der Waals surface area contributed by atoms with E-state index in [0.717, 1.165) is 66.7 Å². The van der Waals surface area contributed by atoms with Crippen LogP contribution in [0.1, 0.15) is 25.7 Å². The number of carbonyl (C=O) groups excluding carboxylic acids is 1. The summed E-state index contributed by atoms with van der Waals surface area (Å²) in [5.41, 5.74) is 1.83. The Morgan fingerprint density at radius 3 is 2.55 bits per heavy atom. The third-order valence-corrected chi connectivity index (χ3v) is 7.16. The van der Waals surface area contributed by atoms with Crippen LogP contribution in [0.2, 0.25) is 0 Å². The van der Waals surface area contributed by atoms with Gasteiger partial charge in [-0.25, -0.2) is 4.98 Å². The number of likely N-dealkylation sites (N-methyl/N-ethyl adjacent to an activating group) is 1. The van der Waals surface area contributed by atoms with Crippen LogP contribution in [-0.2, 0) is 4.79 Å². The molecule has 172 valence electrons. The second-order valence-corrected chi connectivity index (χ2v) is 9.53. The van der Waals surface area contributed by atoms with Gasteiger partial charge in [0.2, 0.25) is 5.91 Å². The zero-order valence-corrected chi connectivity index (χ0v) is 19.3. The van der Waals surface area contributed by atoms with Crippen LogP contribution in [0.25, 0.3) is 22.0 Å². The maximum absolute atomic E-state index is 12.9. The van der Waals surface area contributed by atoms with E-state index in [2.05, 4.69) is 43.2 Å². The minimum atomic E-state index is 0.0807.